The summed E-state index contributed by atoms with van der Waals surface area (Å²) in [6.07, 6.45) is 3.66. The number of anilines is 1. The zero-order valence-corrected chi connectivity index (χ0v) is 22.4. The Kier molecular flexibility index (Phi) is 8.22. The molecule has 5 rings (SSSR count). The Morgan fingerprint density at radius 2 is 1.89 bits per heavy atom. The van der Waals surface area contributed by atoms with Crippen LogP contribution in [0.2, 0.25) is 0 Å². The first-order chi connectivity index (χ1) is 17.9. The molecule has 0 saturated carbocycles. The normalized spacial score (nSPS) is 19.8. The van der Waals surface area contributed by atoms with E-state index in [1.807, 2.05) is 11.0 Å². The number of benzene rings is 1. The van der Waals surface area contributed by atoms with Gasteiger partial charge in [0.2, 0.25) is 10.0 Å². The minimum Gasteiger partial charge on any atom is -0.488 e. The first-order valence-corrected chi connectivity index (χ1v) is 13.8. The van der Waals surface area contributed by atoms with Crippen molar-refractivity contribution in [2.75, 3.05) is 31.2 Å². The second-order valence-corrected chi connectivity index (χ2v) is 12.6. The molecule has 2 atom stereocenters. The van der Waals surface area contributed by atoms with Gasteiger partial charge in [0.05, 0.1) is 29.8 Å². The number of nitrogens with one attached hydrogen (secondary N) is 1. The van der Waals surface area contributed by atoms with Gasteiger partial charge in [-0.05, 0) is 63.6 Å². The van der Waals surface area contributed by atoms with Gasteiger partial charge >= 0.3 is 0 Å². The van der Waals surface area contributed by atoms with Crippen LogP contribution in [0, 0.1) is 5.82 Å². The average molecular weight is 551 g/mol. The van der Waals surface area contributed by atoms with Gasteiger partial charge in [-0.2, -0.15) is 0 Å². The fourth-order valence-corrected chi connectivity index (χ4v) is 4.57. The van der Waals surface area contributed by atoms with E-state index in [2.05, 4.69) is 9.71 Å². The van der Waals surface area contributed by atoms with E-state index in [0.717, 1.165) is 18.7 Å². The minimum atomic E-state index is -3.83. The molecule has 2 aromatic heterocycles. The van der Waals surface area contributed by atoms with Crippen molar-refractivity contribution in [3.05, 3.63) is 60.3 Å². The average Bonchev–Trinajstić information content (AvgIpc) is 3.61. The second kappa shape index (κ2) is 11.2. The van der Waals surface area contributed by atoms with Crippen molar-refractivity contribution in [1.82, 2.24) is 14.1 Å². The first-order valence-electron chi connectivity index (χ1n) is 12.4. The van der Waals surface area contributed by atoms with Gasteiger partial charge in [0.25, 0.3) is 5.91 Å². The van der Waals surface area contributed by atoms with Crippen LogP contribution < -0.4 is 14.4 Å². The highest BCUT2D eigenvalue weighted by molar-refractivity contribution is 7.91. The fraction of sp³-hybridized carbons (Fsp3) is 0.462. The van der Waals surface area contributed by atoms with E-state index in [1.54, 1.807) is 24.4 Å². The van der Waals surface area contributed by atoms with Crippen molar-refractivity contribution in [2.45, 2.75) is 50.6 Å². The van der Waals surface area contributed by atoms with Crippen LogP contribution in [0.25, 0.3) is 5.65 Å². The lowest BCUT2D eigenvalue weighted by Crippen LogP contribution is -2.42. The van der Waals surface area contributed by atoms with Gasteiger partial charge < -0.3 is 14.4 Å². The fourth-order valence-electron chi connectivity index (χ4n) is 3.92. The zero-order valence-electron chi connectivity index (χ0n) is 21.6. The molecule has 0 aliphatic carbocycles. The van der Waals surface area contributed by atoms with Crippen molar-refractivity contribution in [3.8, 4) is 5.75 Å². The molecular formula is C26H32F2N4O5S. The Morgan fingerprint density at radius 3 is 2.50 bits per heavy atom. The Bertz CT molecular complexity index is 1370. The van der Waals surface area contributed by atoms with Gasteiger partial charge in [-0.1, -0.05) is 0 Å². The number of halogens is 2. The molecule has 1 amide bonds. The molecule has 0 radical (unpaired) electrons. The van der Waals surface area contributed by atoms with E-state index < -0.39 is 26.8 Å². The summed E-state index contributed by atoms with van der Waals surface area (Å²) in [5, 5.41) is 0. The molecule has 2 fully saturated rings. The van der Waals surface area contributed by atoms with Crippen LogP contribution in [-0.2, 0) is 14.8 Å². The third kappa shape index (κ3) is 6.60. The van der Waals surface area contributed by atoms with Crippen LogP contribution in [-0.4, -0.2) is 67.0 Å². The molecule has 4 heterocycles. The number of nitrogens with zero attached hydrogens (tertiary/aromatic N) is 3. The number of amides is 1. The Balaban J connectivity index is 0.000000216. The molecule has 2 saturated heterocycles. The SMILES string of the molecule is CC(C)(C)S(=O)(=O)NC(=O)c1cnc2ccc(N3CCC(F)C3)cn12.Fc1ccc(OC2CCOC2)cc1. The molecular weight excluding hydrogens is 518 g/mol. The summed E-state index contributed by atoms with van der Waals surface area (Å²) in [5.74, 6) is -0.281. The van der Waals surface area contributed by atoms with E-state index in [0.29, 0.717) is 37.5 Å². The third-order valence-electron chi connectivity index (χ3n) is 6.26. The lowest BCUT2D eigenvalue weighted by Gasteiger charge is -2.20. The van der Waals surface area contributed by atoms with E-state index in [9.17, 15) is 22.0 Å². The van der Waals surface area contributed by atoms with Gasteiger partial charge in [-0.25, -0.2) is 26.9 Å². The highest BCUT2D eigenvalue weighted by Gasteiger charge is 2.32. The van der Waals surface area contributed by atoms with E-state index in [4.69, 9.17) is 9.47 Å². The molecule has 12 heteroatoms. The summed E-state index contributed by atoms with van der Waals surface area (Å²) >= 11 is 0. The Labute approximate surface area is 220 Å². The zero-order chi connectivity index (χ0) is 27.5. The number of carbonyl (C=O) groups excluding carboxylic acids is 1. The number of carbonyl (C=O) groups is 1. The largest absolute Gasteiger partial charge is 0.488 e. The van der Waals surface area contributed by atoms with E-state index >= 15 is 0 Å². The van der Waals surface area contributed by atoms with Gasteiger partial charge in [0.1, 0.15) is 35.2 Å². The first kappa shape index (κ1) is 27.8. The van der Waals surface area contributed by atoms with Crippen molar-refractivity contribution >= 4 is 27.3 Å². The third-order valence-corrected chi connectivity index (χ3v) is 8.32. The maximum atomic E-state index is 13.4. The number of rotatable bonds is 5. The van der Waals surface area contributed by atoms with Crippen molar-refractivity contribution in [1.29, 1.82) is 0 Å². The predicted molar refractivity (Wildman–Crippen MR) is 139 cm³/mol. The van der Waals surface area contributed by atoms with Gasteiger partial charge in [0, 0.05) is 25.7 Å². The topological polar surface area (TPSA) is 102 Å². The molecule has 38 heavy (non-hydrogen) atoms. The summed E-state index contributed by atoms with van der Waals surface area (Å²) < 4.78 is 63.5. The van der Waals surface area contributed by atoms with Crippen LogP contribution in [0.1, 0.15) is 44.1 Å². The molecule has 2 aliphatic heterocycles. The summed E-state index contributed by atoms with van der Waals surface area (Å²) in [5.41, 5.74) is 1.39. The van der Waals surface area contributed by atoms with Gasteiger partial charge in [0.15, 0.2) is 0 Å². The van der Waals surface area contributed by atoms with Crippen LogP contribution in [0.4, 0.5) is 14.5 Å². The van der Waals surface area contributed by atoms with E-state index in [-0.39, 0.29) is 17.6 Å². The lowest BCUT2D eigenvalue weighted by molar-refractivity contribution is 0.0975. The Hall–Kier alpha value is -3.25. The molecule has 1 N–H and O–H groups in total. The standard InChI is InChI=1S/C16H21FN4O3S.C10H11FO2/c1-16(2,3)25(23,24)19-15(22)13-8-18-14-5-4-12(10-21(13)14)20-7-6-11(17)9-20;11-8-1-3-9(4-2-8)13-10-5-6-12-7-10/h4-5,8,10-11H,6-7,9H2,1-3H3,(H,19,22);1-4,10H,5-7H2. The quantitative estimate of drug-likeness (QED) is 0.517. The van der Waals surface area contributed by atoms with Gasteiger partial charge in [-0.3, -0.25) is 9.20 Å². The molecule has 2 unspecified atom stereocenters. The molecule has 9 nitrogen and oxygen atoms in total. The van der Waals surface area contributed by atoms with Gasteiger partial charge in [-0.15, -0.1) is 0 Å². The maximum Gasteiger partial charge on any atom is 0.283 e. The van der Waals surface area contributed by atoms with Crippen molar-refractivity contribution in [3.63, 3.8) is 0 Å². The monoisotopic (exact) mass is 550 g/mol. The molecule has 0 bridgehead atoms. The molecule has 1 aromatic carbocycles. The number of hydrogen-bond donors (Lipinski definition) is 1. The highest BCUT2D eigenvalue weighted by atomic mass is 32.2. The number of hydrogen-bond acceptors (Lipinski definition) is 7. The summed E-state index contributed by atoms with van der Waals surface area (Å²) in [6.45, 7) is 6.83. The van der Waals surface area contributed by atoms with Crippen LogP contribution in [0.15, 0.2) is 48.8 Å². The second-order valence-electron chi connectivity index (χ2n) is 10.2. The van der Waals surface area contributed by atoms with Crippen LogP contribution in [0.5, 0.6) is 5.75 Å². The number of sulfonamides is 1. The molecule has 206 valence electrons. The predicted octanol–water partition coefficient (Wildman–Crippen LogP) is 3.73. The molecule has 0 spiro atoms. The summed E-state index contributed by atoms with van der Waals surface area (Å²) in [4.78, 5) is 18.5. The lowest BCUT2D eigenvalue weighted by atomic mass is 10.3. The number of fused-ring (bicyclic) bond motifs is 1. The summed E-state index contributed by atoms with van der Waals surface area (Å²) in [7, 11) is -3.83. The number of imidazole rings is 1. The molecule has 3 aromatic rings. The number of aromatic nitrogens is 2. The van der Waals surface area contributed by atoms with Crippen LogP contribution in [0.3, 0.4) is 0 Å². The number of alkyl halides is 1. The highest BCUT2D eigenvalue weighted by Crippen LogP contribution is 2.23. The van der Waals surface area contributed by atoms with Crippen LogP contribution >= 0.6 is 0 Å². The van der Waals surface area contributed by atoms with Crippen molar-refractivity contribution < 1.29 is 31.5 Å². The van der Waals surface area contributed by atoms with E-state index in [1.165, 1.54) is 43.5 Å². The molecule has 2 aliphatic rings. The smallest absolute Gasteiger partial charge is 0.283 e. The Morgan fingerprint density at radius 1 is 1.16 bits per heavy atom. The maximum absolute atomic E-state index is 13.4. The van der Waals surface area contributed by atoms with Crippen molar-refractivity contribution in [2.24, 2.45) is 0 Å². The number of ether oxygens (including phenoxy) is 2. The minimum absolute atomic E-state index is 0.112. The number of pyridine rings is 1. The summed E-state index contributed by atoms with van der Waals surface area (Å²) in [6, 6.07) is 9.58.